The van der Waals surface area contributed by atoms with Crippen molar-refractivity contribution in [3.8, 4) is 0 Å². The molecule has 0 radical (unpaired) electrons. The van der Waals surface area contributed by atoms with Crippen molar-refractivity contribution < 1.29 is 4.42 Å². The first-order chi connectivity index (χ1) is 27.7. The Kier molecular flexibility index (Phi) is 7.76. The number of hydrogen-bond acceptors (Lipinski definition) is 5. The maximum atomic E-state index is 6.73. The third-order valence-electron chi connectivity index (χ3n) is 11.6. The van der Waals surface area contributed by atoms with Crippen LogP contribution in [0.4, 0.5) is 11.4 Å². The number of benzene rings is 6. The van der Waals surface area contributed by atoms with Crippen LogP contribution in [0.25, 0.3) is 22.6 Å². The molecule has 1 N–H and O–H groups in total. The minimum atomic E-state index is -0.387. The number of anilines is 2. The van der Waals surface area contributed by atoms with E-state index in [-0.39, 0.29) is 24.0 Å². The summed E-state index contributed by atoms with van der Waals surface area (Å²) in [6, 6.07) is 55.9. The molecule has 2 aliphatic heterocycles. The van der Waals surface area contributed by atoms with Crippen molar-refractivity contribution >= 4 is 45.7 Å². The van der Waals surface area contributed by atoms with Crippen LogP contribution < -0.4 is 10.2 Å². The first kappa shape index (κ1) is 32.5. The number of hydrogen-bond donors (Lipinski definition) is 1. The molecule has 56 heavy (non-hydrogen) atoms. The molecule has 3 unspecified atom stereocenters. The molecule has 0 saturated carbocycles. The van der Waals surface area contributed by atoms with Gasteiger partial charge >= 0.3 is 0 Å². The van der Waals surface area contributed by atoms with E-state index < -0.39 is 0 Å². The van der Waals surface area contributed by atoms with Crippen molar-refractivity contribution in [2.75, 3.05) is 4.90 Å². The quantitative estimate of drug-likeness (QED) is 0.186. The van der Waals surface area contributed by atoms with Gasteiger partial charge in [-0.25, -0.2) is 9.98 Å². The van der Waals surface area contributed by atoms with Gasteiger partial charge in [-0.05, 0) is 58.5 Å². The van der Waals surface area contributed by atoms with E-state index in [1.54, 1.807) is 0 Å². The molecular formula is C51H38N4O. The van der Waals surface area contributed by atoms with Crippen molar-refractivity contribution in [1.29, 1.82) is 0 Å². The monoisotopic (exact) mass is 722 g/mol. The molecule has 268 valence electrons. The Labute approximate surface area is 326 Å². The Morgan fingerprint density at radius 2 is 1.30 bits per heavy atom. The Morgan fingerprint density at radius 1 is 0.625 bits per heavy atom. The Hall–Kier alpha value is -6.98. The summed E-state index contributed by atoms with van der Waals surface area (Å²) in [5, 5.41) is 4.68. The number of nitrogens with zero attached hydrogens (tertiary/aromatic N) is 3. The molecule has 5 nitrogen and oxygen atoms in total. The average Bonchev–Trinajstić information content (AvgIpc) is 3.82. The van der Waals surface area contributed by atoms with Gasteiger partial charge in [0, 0.05) is 51.4 Å². The van der Waals surface area contributed by atoms with Gasteiger partial charge < -0.3 is 14.6 Å². The average molecular weight is 723 g/mol. The number of rotatable bonds is 6. The zero-order valence-electron chi connectivity index (χ0n) is 30.7. The van der Waals surface area contributed by atoms with Gasteiger partial charge in [0.1, 0.15) is 23.0 Å². The molecule has 3 atom stereocenters. The fourth-order valence-corrected chi connectivity index (χ4v) is 8.98. The molecule has 1 aromatic heterocycles. The lowest BCUT2D eigenvalue weighted by molar-refractivity contribution is 0.589. The van der Waals surface area contributed by atoms with Crippen molar-refractivity contribution in [3.05, 3.63) is 227 Å². The molecule has 11 rings (SSSR count). The second-order valence-electron chi connectivity index (χ2n) is 14.9. The molecule has 0 bridgehead atoms. The molecule has 6 aromatic carbocycles. The minimum Gasteiger partial charge on any atom is -0.456 e. The van der Waals surface area contributed by atoms with Crippen LogP contribution in [-0.2, 0) is 0 Å². The van der Waals surface area contributed by atoms with E-state index in [1.807, 2.05) is 36.4 Å². The predicted octanol–water partition coefficient (Wildman–Crippen LogP) is 11.7. The second-order valence-corrected chi connectivity index (χ2v) is 14.9. The van der Waals surface area contributed by atoms with E-state index in [9.17, 15) is 0 Å². The molecule has 0 fully saturated rings. The maximum Gasteiger partial charge on any atom is 0.169 e. The molecule has 0 saturated heterocycles. The second kappa shape index (κ2) is 13.4. The molecule has 4 aliphatic rings. The highest BCUT2D eigenvalue weighted by Gasteiger charge is 2.38. The standard InChI is InChI=1S/C51H38N4O/c1-4-14-33(15-5-1)36-26-28-42-41-22-10-11-24-44(41)55(45(42)31-36)39-27-29-43-47(32-39)56-46-25-13-23-40(48(43)46)37-20-12-21-38(30-37)51-53-49(34-16-6-2-7-17-34)52-50(54-51)35-18-8-3-9-19-35/h1-22,24-32,40,42,45,51H,23H2,(H,52,53,54). The number of amidine groups is 2. The normalized spacial score (nSPS) is 19.8. The lowest BCUT2D eigenvalue weighted by atomic mass is 9.83. The van der Waals surface area contributed by atoms with Crippen molar-refractivity contribution in [3.63, 3.8) is 0 Å². The van der Waals surface area contributed by atoms with Crippen LogP contribution in [0.2, 0.25) is 0 Å². The summed E-state index contributed by atoms with van der Waals surface area (Å²) in [6.45, 7) is 0. The van der Waals surface area contributed by atoms with Gasteiger partial charge in [0.15, 0.2) is 6.17 Å². The zero-order chi connectivity index (χ0) is 37.0. The lowest BCUT2D eigenvalue weighted by Gasteiger charge is -2.30. The molecule has 0 spiro atoms. The Bertz CT molecular complexity index is 2720. The minimum absolute atomic E-state index is 0.135. The highest BCUT2D eigenvalue weighted by molar-refractivity contribution is 6.15. The van der Waals surface area contributed by atoms with Crippen molar-refractivity contribution in [2.24, 2.45) is 9.98 Å². The number of allylic oxidation sites excluding steroid dienone is 3. The highest BCUT2D eigenvalue weighted by Crippen LogP contribution is 2.50. The predicted molar refractivity (Wildman–Crippen MR) is 229 cm³/mol. The highest BCUT2D eigenvalue weighted by atomic mass is 16.3. The number of furan rings is 1. The molecule has 2 aliphatic carbocycles. The molecule has 3 heterocycles. The van der Waals surface area contributed by atoms with Crippen molar-refractivity contribution in [2.45, 2.75) is 30.5 Å². The van der Waals surface area contributed by atoms with E-state index in [0.717, 1.165) is 57.2 Å². The topological polar surface area (TPSA) is 53.1 Å². The van der Waals surface area contributed by atoms with Crippen LogP contribution in [0.5, 0.6) is 0 Å². The summed E-state index contributed by atoms with van der Waals surface area (Å²) in [7, 11) is 0. The summed E-state index contributed by atoms with van der Waals surface area (Å²) < 4.78 is 6.73. The smallest absolute Gasteiger partial charge is 0.169 e. The van der Waals surface area contributed by atoms with Gasteiger partial charge in [0.2, 0.25) is 0 Å². The third-order valence-corrected chi connectivity index (χ3v) is 11.6. The SMILES string of the molecule is C1=Cc2oc3cc(N4c5ccccc5C5C=CC(c6ccccc6)=CC54)ccc3c2C(c2cccc(C3N=C(c4ccccc4)NC(c4ccccc4)=N3)c2)C1. The third kappa shape index (κ3) is 5.54. The maximum absolute atomic E-state index is 6.73. The van der Waals surface area contributed by atoms with E-state index in [4.69, 9.17) is 14.4 Å². The van der Waals surface area contributed by atoms with Crippen LogP contribution in [0, 0.1) is 0 Å². The molecule has 7 aromatic rings. The van der Waals surface area contributed by atoms with E-state index in [2.05, 4.69) is 162 Å². The van der Waals surface area contributed by atoms with Crippen LogP contribution >= 0.6 is 0 Å². The van der Waals surface area contributed by atoms with Gasteiger partial charge in [-0.1, -0.05) is 158 Å². The van der Waals surface area contributed by atoms with E-state index in [0.29, 0.717) is 0 Å². The Balaban J connectivity index is 0.960. The molecular weight excluding hydrogens is 685 g/mol. The first-order valence-corrected chi connectivity index (χ1v) is 19.4. The van der Waals surface area contributed by atoms with Gasteiger partial charge in [-0.2, -0.15) is 0 Å². The fraction of sp³-hybridized carbons (Fsp3) is 0.0980. The first-order valence-electron chi connectivity index (χ1n) is 19.4. The number of nitrogens with one attached hydrogen (secondary N) is 1. The van der Waals surface area contributed by atoms with Crippen LogP contribution in [0.1, 0.15) is 69.1 Å². The summed E-state index contributed by atoms with van der Waals surface area (Å²) in [5.74, 6) is 2.98. The number of para-hydroxylation sites is 1. The van der Waals surface area contributed by atoms with Crippen LogP contribution in [0.15, 0.2) is 196 Å². The zero-order valence-corrected chi connectivity index (χ0v) is 30.7. The van der Waals surface area contributed by atoms with Crippen LogP contribution in [-0.4, -0.2) is 17.7 Å². The van der Waals surface area contributed by atoms with Crippen LogP contribution in [0.3, 0.4) is 0 Å². The van der Waals surface area contributed by atoms with Gasteiger partial charge in [0.05, 0.1) is 6.04 Å². The summed E-state index contributed by atoms with van der Waals surface area (Å²) in [5.41, 5.74) is 12.7. The summed E-state index contributed by atoms with van der Waals surface area (Å²) in [4.78, 5) is 12.8. The van der Waals surface area contributed by atoms with E-state index in [1.165, 1.54) is 33.5 Å². The summed E-state index contributed by atoms with van der Waals surface area (Å²) >= 11 is 0. The largest absolute Gasteiger partial charge is 0.456 e. The summed E-state index contributed by atoms with van der Waals surface area (Å²) in [6.07, 6.45) is 12.0. The van der Waals surface area contributed by atoms with Gasteiger partial charge in [-0.3, -0.25) is 0 Å². The lowest BCUT2D eigenvalue weighted by Crippen LogP contribution is -2.36. The molecule has 5 heteroatoms. The fourth-order valence-electron chi connectivity index (χ4n) is 8.98. The van der Waals surface area contributed by atoms with Gasteiger partial charge in [0.25, 0.3) is 0 Å². The number of aliphatic imine (C=N–C) groups is 2. The van der Waals surface area contributed by atoms with Gasteiger partial charge in [-0.15, -0.1) is 0 Å². The molecule has 0 amide bonds. The van der Waals surface area contributed by atoms with E-state index >= 15 is 0 Å². The number of fused-ring (bicyclic) bond motifs is 6. The van der Waals surface area contributed by atoms with Crippen molar-refractivity contribution in [1.82, 2.24) is 5.32 Å². The Morgan fingerprint density at radius 3 is 2.05 bits per heavy atom.